The maximum atomic E-state index is 6.23. The van der Waals surface area contributed by atoms with E-state index in [0.717, 1.165) is 29.8 Å². The predicted octanol–water partition coefficient (Wildman–Crippen LogP) is 2.77. The van der Waals surface area contributed by atoms with Crippen LogP contribution in [-0.4, -0.2) is 18.7 Å². The zero-order chi connectivity index (χ0) is 12.5. The minimum atomic E-state index is 0.0975. The van der Waals surface area contributed by atoms with Crippen molar-refractivity contribution in [1.29, 1.82) is 0 Å². The van der Waals surface area contributed by atoms with Crippen LogP contribution < -0.4 is 5.73 Å². The van der Waals surface area contributed by atoms with Gasteiger partial charge in [0.05, 0.1) is 6.54 Å². The van der Waals surface area contributed by atoms with Crippen molar-refractivity contribution in [2.24, 2.45) is 10.7 Å². The first kappa shape index (κ1) is 11.6. The van der Waals surface area contributed by atoms with E-state index in [0.29, 0.717) is 12.6 Å². The zero-order valence-electron chi connectivity index (χ0n) is 10.0. The van der Waals surface area contributed by atoms with Crippen LogP contribution in [0.4, 0.5) is 0 Å². The van der Waals surface area contributed by atoms with E-state index in [1.54, 1.807) is 0 Å². The van der Waals surface area contributed by atoms with Gasteiger partial charge in [0.1, 0.15) is 6.10 Å². The molecule has 0 saturated heterocycles. The van der Waals surface area contributed by atoms with Gasteiger partial charge in [0.15, 0.2) is 0 Å². The highest BCUT2D eigenvalue weighted by Gasteiger charge is 2.21. The summed E-state index contributed by atoms with van der Waals surface area (Å²) < 4.78 is 5.44. The number of nitrogens with zero attached hydrogens (tertiary/aromatic N) is 1. The molecule has 0 spiro atoms. The molecule has 1 atom stereocenters. The van der Waals surface area contributed by atoms with Crippen molar-refractivity contribution < 1.29 is 4.74 Å². The van der Waals surface area contributed by atoms with E-state index in [2.05, 4.69) is 17.1 Å². The number of aryl methyl sites for hydroxylation is 1. The number of ether oxygens (including phenoxy) is 1. The Hall–Kier alpha value is -1.48. The summed E-state index contributed by atoms with van der Waals surface area (Å²) in [7, 11) is 0. The number of halogens is 1. The summed E-state index contributed by atoms with van der Waals surface area (Å²) >= 11 is 6.23. The minimum absolute atomic E-state index is 0.0975. The van der Waals surface area contributed by atoms with Crippen LogP contribution in [0.3, 0.4) is 0 Å². The first-order valence-corrected chi connectivity index (χ1v) is 6.53. The van der Waals surface area contributed by atoms with Crippen molar-refractivity contribution in [2.75, 3.05) is 6.54 Å². The van der Waals surface area contributed by atoms with Crippen molar-refractivity contribution in [1.82, 2.24) is 0 Å². The van der Waals surface area contributed by atoms with E-state index < -0.39 is 0 Å². The van der Waals surface area contributed by atoms with Crippen LogP contribution in [0.15, 0.2) is 28.8 Å². The molecular formula is C14H15ClN2O. The second-order valence-electron chi connectivity index (χ2n) is 4.74. The Kier molecular flexibility index (Phi) is 3.00. The SMILES string of the molecule is NC1=NCC(CC2=Cc3c(Cl)cccc3CC2)O1. The zero-order valence-corrected chi connectivity index (χ0v) is 10.8. The average molecular weight is 263 g/mol. The number of rotatable bonds is 2. The molecule has 3 nitrogen and oxygen atoms in total. The molecular weight excluding hydrogens is 248 g/mol. The van der Waals surface area contributed by atoms with Crippen LogP contribution in [0.5, 0.6) is 0 Å². The van der Waals surface area contributed by atoms with Crippen molar-refractivity contribution in [3.05, 3.63) is 39.9 Å². The van der Waals surface area contributed by atoms with Gasteiger partial charge in [-0.15, -0.1) is 0 Å². The Morgan fingerprint density at radius 1 is 1.39 bits per heavy atom. The molecule has 1 unspecified atom stereocenters. The van der Waals surface area contributed by atoms with Gasteiger partial charge in [-0.3, -0.25) is 0 Å². The van der Waals surface area contributed by atoms with Crippen LogP contribution in [0.2, 0.25) is 5.02 Å². The number of hydrogen-bond donors (Lipinski definition) is 1. The normalized spacial score (nSPS) is 21.9. The van der Waals surface area contributed by atoms with Gasteiger partial charge in [0, 0.05) is 11.4 Å². The molecule has 1 aromatic rings. The first-order valence-electron chi connectivity index (χ1n) is 6.16. The summed E-state index contributed by atoms with van der Waals surface area (Å²) in [4.78, 5) is 4.06. The van der Waals surface area contributed by atoms with Crippen molar-refractivity contribution in [3.8, 4) is 0 Å². The Morgan fingerprint density at radius 3 is 3.06 bits per heavy atom. The van der Waals surface area contributed by atoms with Gasteiger partial charge >= 0.3 is 0 Å². The third-order valence-corrected chi connectivity index (χ3v) is 3.76. The average Bonchev–Trinajstić information content (AvgIpc) is 2.76. The maximum absolute atomic E-state index is 6.23. The fourth-order valence-electron chi connectivity index (χ4n) is 2.53. The molecule has 0 saturated carbocycles. The van der Waals surface area contributed by atoms with E-state index in [4.69, 9.17) is 22.1 Å². The minimum Gasteiger partial charge on any atom is -0.460 e. The summed E-state index contributed by atoms with van der Waals surface area (Å²) in [6.07, 6.45) is 5.28. The summed E-state index contributed by atoms with van der Waals surface area (Å²) in [6.45, 7) is 0.665. The number of fused-ring (bicyclic) bond motifs is 1. The Bertz CT molecular complexity index is 537. The molecule has 0 fully saturated rings. The third kappa shape index (κ3) is 2.23. The summed E-state index contributed by atoms with van der Waals surface area (Å²) in [5, 5.41) is 0.827. The molecule has 0 radical (unpaired) electrons. The summed E-state index contributed by atoms with van der Waals surface area (Å²) in [5.74, 6) is 0. The molecule has 1 aromatic carbocycles. The molecule has 94 valence electrons. The predicted molar refractivity (Wildman–Crippen MR) is 73.7 cm³/mol. The van der Waals surface area contributed by atoms with Gasteiger partial charge < -0.3 is 10.5 Å². The smallest absolute Gasteiger partial charge is 0.282 e. The lowest BCUT2D eigenvalue weighted by Gasteiger charge is -2.19. The highest BCUT2D eigenvalue weighted by atomic mass is 35.5. The largest absolute Gasteiger partial charge is 0.460 e. The van der Waals surface area contributed by atoms with Crippen LogP contribution >= 0.6 is 11.6 Å². The third-order valence-electron chi connectivity index (χ3n) is 3.44. The van der Waals surface area contributed by atoms with E-state index in [9.17, 15) is 0 Å². The second kappa shape index (κ2) is 4.65. The summed E-state index contributed by atoms with van der Waals surface area (Å²) in [5.41, 5.74) is 9.37. The fraction of sp³-hybridized carbons (Fsp3) is 0.357. The van der Waals surface area contributed by atoms with Gasteiger partial charge in [-0.25, -0.2) is 4.99 Å². The molecule has 0 aromatic heterocycles. The molecule has 1 heterocycles. The second-order valence-corrected chi connectivity index (χ2v) is 5.15. The monoisotopic (exact) mass is 262 g/mol. The van der Waals surface area contributed by atoms with E-state index in [-0.39, 0.29) is 6.10 Å². The molecule has 1 aliphatic carbocycles. The quantitative estimate of drug-likeness (QED) is 0.891. The lowest BCUT2D eigenvalue weighted by Crippen LogP contribution is -2.19. The van der Waals surface area contributed by atoms with E-state index >= 15 is 0 Å². The Labute approximate surface area is 111 Å². The maximum Gasteiger partial charge on any atom is 0.282 e. The van der Waals surface area contributed by atoms with E-state index in [1.165, 1.54) is 11.1 Å². The van der Waals surface area contributed by atoms with Gasteiger partial charge in [-0.2, -0.15) is 0 Å². The van der Waals surface area contributed by atoms with Crippen LogP contribution in [-0.2, 0) is 11.2 Å². The molecule has 3 rings (SSSR count). The molecule has 4 heteroatoms. The highest BCUT2D eigenvalue weighted by Crippen LogP contribution is 2.31. The van der Waals surface area contributed by atoms with Crippen molar-refractivity contribution >= 4 is 23.7 Å². The lowest BCUT2D eigenvalue weighted by molar-refractivity contribution is 0.220. The molecule has 1 aliphatic heterocycles. The Balaban J connectivity index is 1.77. The van der Waals surface area contributed by atoms with Crippen LogP contribution in [0.25, 0.3) is 6.08 Å². The number of nitrogens with two attached hydrogens (primary N) is 1. The molecule has 2 N–H and O–H groups in total. The number of amidine groups is 1. The highest BCUT2D eigenvalue weighted by molar-refractivity contribution is 6.32. The molecule has 18 heavy (non-hydrogen) atoms. The fourth-order valence-corrected chi connectivity index (χ4v) is 2.78. The van der Waals surface area contributed by atoms with Gasteiger partial charge in [-0.05, 0) is 30.0 Å². The Morgan fingerprint density at radius 2 is 2.28 bits per heavy atom. The van der Waals surface area contributed by atoms with Gasteiger partial charge in [0.2, 0.25) is 0 Å². The van der Waals surface area contributed by atoms with Crippen molar-refractivity contribution in [3.63, 3.8) is 0 Å². The van der Waals surface area contributed by atoms with Crippen LogP contribution in [0.1, 0.15) is 24.0 Å². The molecule has 2 aliphatic rings. The first-order chi connectivity index (χ1) is 8.72. The summed E-state index contributed by atoms with van der Waals surface area (Å²) in [6, 6.07) is 6.40. The standard InChI is InChI=1S/C14H15ClN2O/c15-13-3-1-2-10-5-4-9(7-12(10)13)6-11-8-17-14(16)18-11/h1-3,7,11H,4-6,8H2,(H2,16,17). The van der Waals surface area contributed by atoms with E-state index in [1.807, 2.05) is 12.1 Å². The van der Waals surface area contributed by atoms with Gasteiger partial charge in [0.25, 0.3) is 6.02 Å². The van der Waals surface area contributed by atoms with Gasteiger partial charge in [-0.1, -0.05) is 35.4 Å². The van der Waals surface area contributed by atoms with Crippen molar-refractivity contribution in [2.45, 2.75) is 25.4 Å². The topological polar surface area (TPSA) is 47.6 Å². The number of aliphatic imine (C=N–C) groups is 1. The number of benzene rings is 1. The number of hydrogen-bond acceptors (Lipinski definition) is 3. The lowest BCUT2D eigenvalue weighted by atomic mass is 9.89. The molecule has 0 bridgehead atoms. The van der Waals surface area contributed by atoms with Crippen LogP contribution in [0, 0.1) is 0 Å². The molecule has 0 amide bonds.